The molecule has 164 valence electrons. The fourth-order valence-electron chi connectivity index (χ4n) is 3.41. The van der Waals surface area contributed by atoms with Crippen molar-refractivity contribution in [3.63, 3.8) is 0 Å². The van der Waals surface area contributed by atoms with Gasteiger partial charge in [0.25, 0.3) is 0 Å². The van der Waals surface area contributed by atoms with Gasteiger partial charge in [-0.2, -0.15) is 4.98 Å². The summed E-state index contributed by atoms with van der Waals surface area (Å²) >= 11 is 0. The zero-order valence-electron chi connectivity index (χ0n) is 17.3. The number of aromatic nitrogens is 2. The number of rotatable bonds is 7. The number of aryl methyl sites for hydroxylation is 1. The Hall–Kier alpha value is -2.55. The van der Waals surface area contributed by atoms with Gasteiger partial charge in [-0.3, -0.25) is 0 Å². The Labute approximate surface area is 174 Å². The van der Waals surface area contributed by atoms with Crippen molar-refractivity contribution in [3.8, 4) is 5.75 Å². The molecule has 1 aliphatic rings. The molecule has 0 saturated carbocycles. The summed E-state index contributed by atoms with van der Waals surface area (Å²) in [6, 6.07) is 6.21. The number of fused-ring (bicyclic) bond motifs is 1. The van der Waals surface area contributed by atoms with Crippen LogP contribution < -0.4 is 15.0 Å². The summed E-state index contributed by atoms with van der Waals surface area (Å²) in [6.07, 6.45) is -3.31. The summed E-state index contributed by atoms with van der Waals surface area (Å²) in [7, 11) is 0. The molecule has 6 nitrogen and oxygen atoms in total. The van der Waals surface area contributed by atoms with E-state index in [-0.39, 0.29) is 24.3 Å². The van der Waals surface area contributed by atoms with Gasteiger partial charge in [0.1, 0.15) is 11.6 Å². The van der Waals surface area contributed by atoms with Crippen LogP contribution in [0.4, 0.5) is 24.9 Å². The molecule has 1 aliphatic heterocycles. The minimum absolute atomic E-state index is 0.0359. The molecule has 0 saturated heterocycles. The van der Waals surface area contributed by atoms with Gasteiger partial charge in [0.2, 0.25) is 5.95 Å². The number of nitrogens with one attached hydrogen (secondary N) is 1. The first kappa shape index (κ1) is 22.1. The van der Waals surface area contributed by atoms with Crippen LogP contribution in [0.25, 0.3) is 0 Å². The summed E-state index contributed by atoms with van der Waals surface area (Å²) in [5.41, 5.74) is 2.64. The monoisotopic (exact) mass is 424 g/mol. The average Bonchev–Trinajstić information content (AvgIpc) is 2.69. The summed E-state index contributed by atoms with van der Waals surface area (Å²) in [5.74, 6) is 1.13. The molecule has 0 unspecified atom stereocenters. The minimum atomic E-state index is -4.72. The normalized spacial score (nSPS) is 15.1. The van der Waals surface area contributed by atoms with Crippen molar-refractivity contribution >= 4 is 11.8 Å². The molecule has 9 heteroatoms. The first-order chi connectivity index (χ1) is 14.2. The molecule has 0 bridgehead atoms. The van der Waals surface area contributed by atoms with Crippen molar-refractivity contribution < 1.29 is 23.0 Å². The van der Waals surface area contributed by atoms with Crippen LogP contribution >= 0.6 is 0 Å². The Kier molecular flexibility index (Phi) is 6.70. The van der Waals surface area contributed by atoms with Crippen LogP contribution in [-0.4, -0.2) is 40.6 Å². The molecule has 2 heterocycles. The molecule has 30 heavy (non-hydrogen) atoms. The van der Waals surface area contributed by atoms with E-state index in [4.69, 9.17) is 0 Å². The fraction of sp³-hybridized carbons (Fsp3) is 0.524. The number of aliphatic hydroxyl groups is 1. The second-order valence-corrected chi connectivity index (χ2v) is 7.72. The molecule has 3 rings (SSSR count). The summed E-state index contributed by atoms with van der Waals surface area (Å²) in [5, 5.41) is 12.8. The molecule has 0 fully saturated rings. The smallest absolute Gasteiger partial charge is 0.406 e. The van der Waals surface area contributed by atoms with Gasteiger partial charge >= 0.3 is 6.36 Å². The predicted molar refractivity (Wildman–Crippen MR) is 109 cm³/mol. The molecule has 2 N–H and O–H groups in total. The molecule has 0 spiro atoms. The van der Waals surface area contributed by atoms with E-state index in [9.17, 15) is 18.3 Å². The van der Waals surface area contributed by atoms with Gasteiger partial charge in [-0.1, -0.05) is 26.8 Å². The lowest BCUT2D eigenvalue weighted by atomic mass is 9.99. The maximum Gasteiger partial charge on any atom is 0.573 e. The van der Waals surface area contributed by atoms with Crippen LogP contribution in [0.15, 0.2) is 24.3 Å². The maximum atomic E-state index is 12.6. The summed E-state index contributed by atoms with van der Waals surface area (Å²) < 4.78 is 41.7. The van der Waals surface area contributed by atoms with E-state index in [1.807, 2.05) is 31.7 Å². The van der Waals surface area contributed by atoms with Crippen molar-refractivity contribution in [3.05, 3.63) is 41.1 Å². The van der Waals surface area contributed by atoms with Crippen LogP contribution in [0, 0.1) is 5.92 Å². The van der Waals surface area contributed by atoms with Crippen LogP contribution in [-0.2, 0) is 19.4 Å². The molecule has 0 amide bonds. The van der Waals surface area contributed by atoms with Gasteiger partial charge in [0.05, 0.1) is 12.6 Å². The number of anilines is 2. The summed E-state index contributed by atoms with van der Waals surface area (Å²) in [6.45, 7) is 7.08. The quantitative estimate of drug-likeness (QED) is 0.702. The SMILES string of the molecule is CCc1cc(N2CCc3ccc(OC(F)(F)F)cc3C2)nc(N[C@@H](CO)C(C)C)n1. The molecule has 2 aromatic rings. The lowest BCUT2D eigenvalue weighted by Gasteiger charge is -2.31. The van der Waals surface area contributed by atoms with Gasteiger partial charge in [0.15, 0.2) is 0 Å². The van der Waals surface area contributed by atoms with E-state index in [0.29, 0.717) is 37.7 Å². The van der Waals surface area contributed by atoms with Gasteiger partial charge in [-0.15, -0.1) is 13.2 Å². The Morgan fingerprint density at radius 3 is 2.60 bits per heavy atom. The number of benzene rings is 1. The molecular weight excluding hydrogens is 397 g/mol. The van der Waals surface area contributed by atoms with Crippen molar-refractivity contribution in [1.82, 2.24) is 9.97 Å². The second-order valence-electron chi connectivity index (χ2n) is 7.72. The third-order valence-electron chi connectivity index (χ3n) is 5.19. The predicted octanol–water partition coefficient (Wildman–Crippen LogP) is 3.93. The van der Waals surface area contributed by atoms with Crippen LogP contribution in [0.2, 0.25) is 0 Å². The Morgan fingerprint density at radius 1 is 1.20 bits per heavy atom. The van der Waals surface area contributed by atoms with Gasteiger partial charge in [-0.05, 0) is 42.0 Å². The van der Waals surface area contributed by atoms with Crippen LogP contribution in [0.1, 0.15) is 37.6 Å². The highest BCUT2D eigenvalue weighted by Crippen LogP contribution is 2.30. The fourth-order valence-corrected chi connectivity index (χ4v) is 3.41. The number of nitrogens with zero attached hydrogens (tertiary/aromatic N) is 3. The van der Waals surface area contributed by atoms with Crippen LogP contribution in [0.3, 0.4) is 0 Å². The Bertz CT molecular complexity index is 874. The topological polar surface area (TPSA) is 70.5 Å². The molecule has 0 aliphatic carbocycles. The molecule has 1 aromatic heterocycles. The molecule has 0 radical (unpaired) electrons. The van der Waals surface area contributed by atoms with E-state index in [1.165, 1.54) is 12.1 Å². The van der Waals surface area contributed by atoms with Crippen molar-refractivity contribution in [2.45, 2.75) is 52.6 Å². The average molecular weight is 424 g/mol. The third kappa shape index (κ3) is 5.53. The molecule has 1 aromatic carbocycles. The maximum absolute atomic E-state index is 12.6. The highest BCUT2D eigenvalue weighted by molar-refractivity contribution is 5.49. The van der Waals surface area contributed by atoms with Gasteiger partial charge < -0.3 is 20.1 Å². The second kappa shape index (κ2) is 9.07. The largest absolute Gasteiger partial charge is 0.573 e. The van der Waals surface area contributed by atoms with Crippen LogP contribution in [0.5, 0.6) is 5.75 Å². The van der Waals surface area contributed by atoms with E-state index in [1.54, 1.807) is 6.07 Å². The molecular formula is C21H27F3N4O2. The van der Waals surface area contributed by atoms with Crippen molar-refractivity contribution in [2.75, 3.05) is 23.4 Å². The number of hydrogen-bond donors (Lipinski definition) is 2. The number of aliphatic hydroxyl groups excluding tert-OH is 1. The lowest BCUT2D eigenvalue weighted by Crippen LogP contribution is -2.33. The number of ether oxygens (including phenoxy) is 1. The van der Waals surface area contributed by atoms with Crippen molar-refractivity contribution in [2.24, 2.45) is 5.92 Å². The van der Waals surface area contributed by atoms with Crippen molar-refractivity contribution in [1.29, 1.82) is 0 Å². The first-order valence-corrected chi connectivity index (χ1v) is 10.1. The van der Waals surface area contributed by atoms with E-state index >= 15 is 0 Å². The summed E-state index contributed by atoms with van der Waals surface area (Å²) in [4.78, 5) is 11.1. The van der Waals surface area contributed by atoms with E-state index < -0.39 is 6.36 Å². The Balaban J connectivity index is 1.84. The zero-order valence-corrected chi connectivity index (χ0v) is 17.3. The Morgan fingerprint density at radius 2 is 1.97 bits per heavy atom. The van der Waals surface area contributed by atoms with E-state index in [2.05, 4.69) is 20.0 Å². The highest BCUT2D eigenvalue weighted by atomic mass is 19.4. The third-order valence-corrected chi connectivity index (χ3v) is 5.19. The minimum Gasteiger partial charge on any atom is -0.406 e. The standard InChI is InChI=1S/C21H27F3N4O2/c1-4-16-10-19(27-20(25-16)26-18(12-29)13(2)3)28-8-7-14-5-6-17(9-15(14)11-28)30-21(22,23)24/h5-6,9-10,13,18,29H,4,7-8,11-12H2,1-3H3,(H,25,26,27)/t18-/m0/s1. The number of alkyl halides is 3. The molecule has 1 atom stereocenters. The number of hydrogen-bond acceptors (Lipinski definition) is 6. The highest BCUT2D eigenvalue weighted by Gasteiger charge is 2.31. The lowest BCUT2D eigenvalue weighted by molar-refractivity contribution is -0.274. The van der Waals surface area contributed by atoms with Gasteiger partial charge in [0, 0.05) is 24.8 Å². The van der Waals surface area contributed by atoms with E-state index in [0.717, 1.165) is 16.8 Å². The zero-order chi connectivity index (χ0) is 21.9. The first-order valence-electron chi connectivity index (χ1n) is 10.1. The number of halogens is 3. The van der Waals surface area contributed by atoms with Gasteiger partial charge in [-0.25, -0.2) is 4.98 Å².